The first-order chi connectivity index (χ1) is 12.7. The molecule has 4 nitrogen and oxygen atoms in total. The zero-order valence-electron chi connectivity index (χ0n) is 14.8. The van der Waals surface area contributed by atoms with Gasteiger partial charge in [-0.15, -0.1) is 0 Å². The highest BCUT2D eigenvalue weighted by Crippen LogP contribution is 2.46. The van der Waals surface area contributed by atoms with Crippen LogP contribution in [0.2, 0.25) is 5.02 Å². The van der Waals surface area contributed by atoms with Gasteiger partial charge in [-0.2, -0.15) is 0 Å². The van der Waals surface area contributed by atoms with Crippen LogP contribution in [0.15, 0.2) is 54.6 Å². The molecule has 0 aromatic heterocycles. The molecule has 2 aromatic rings. The molecule has 0 radical (unpaired) electrons. The molecule has 4 rings (SSSR count). The summed E-state index contributed by atoms with van der Waals surface area (Å²) in [6.45, 7) is 1.17. The quantitative estimate of drug-likeness (QED) is 0.773. The van der Waals surface area contributed by atoms with Crippen molar-refractivity contribution in [2.45, 2.75) is 30.8 Å². The summed E-state index contributed by atoms with van der Waals surface area (Å²) in [7, 11) is 1.67. The van der Waals surface area contributed by atoms with Gasteiger partial charge in [-0.05, 0) is 36.6 Å². The molecule has 2 aromatic carbocycles. The van der Waals surface area contributed by atoms with E-state index < -0.39 is 0 Å². The van der Waals surface area contributed by atoms with E-state index >= 15 is 0 Å². The normalized spacial score (nSPS) is 25.0. The lowest BCUT2D eigenvalue weighted by Crippen LogP contribution is -2.38. The maximum absolute atomic E-state index is 13.3. The summed E-state index contributed by atoms with van der Waals surface area (Å²) in [6, 6.07) is 18.5. The predicted octanol–water partition coefficient (Wildman–Crippen LogP) is 4.54. The van der Waals surface area contributed by atoms with Crippen molar-refractivity contribution >= 4 is 23.3 Å². The molecule has 1 aliphatic carbocycles. The van der Waals surface area contributed by atoms with Gasteiger partial charge >= 0.3 is 6.03 Å². The maximum atomic E-state index is 13.3. The lowest BCUT2D eigenvalue weighted by Gasteiger charge is -2.28. The van der Waals surface area contributed by atoms with Crippen LogP contribution < -0.4 is 4.90 Å². The Kier molecular flexibility index (Phi) is 4.88. The topological polar surface area (TPSA) is 32.8 Å². The van der Waals surface area contributed by atoms with E-state index in [1.165, 1.54) is 5.56 Å². The van der Waals surface area contributed by atoms with E-state index in [1.54, 1.807) is 7.11 Å². The summed E-state index contributed by atoms with van der Waals surface area (Å²) in [4.78, 5) is 17.2. The third kappa shape index (κ3) is 2.97. The third-order valence-corrected chi connectivity index (χ3v) is 5.82. The highest BCUT2D eigenvalue weighted by molar-refractivity contribution is 6.30. The van der Waals surface area contributed by atoms with Crippen molar-refractivity contribution in [2.75, 3.05) is 25.2 Å². The van der Waals surface area contributed by atoms with Gasteiger partial charge in [0.25, 0.3) is 0 Å². The van der Waals surface area contributed by atoms with Crippen LogP contribution in [0.3, 0.4) is 0 Å². The fourth-order valence-electron chi connectivity index (χ4n) is 4.48. The van der Waals surface area contributed by atoms with Crippen LogP contribution in [-0.2, 0) is 4.74 Å². The van der Waals surface area contributed by atoms with Gasteiger partial charge in [0.15, 0.2) is 0 Å². The number of carbonyl (C=O) groups is 1. The first-order valence-corrected chi connectivity index (χ1v) is 9.48. The van der Waals surface area contributed by atoms with Crippen molar-refractivity contribution in [1.82, 2.24) is 4.90 Å². The lowest BCUT2D eigenvalue weighted by atomic mass is 9.92. The highest BCUT2D eigenvalue weighted by Gasteiger charge is 2.53. The monoisotopic (exact) mass is 370 g/mol. The fraction of sp³-hybridized carbons (Fsp3) is 0.381. The molecule has 2 fully saturated rings. The molecule has 0 N–H and O–H groups in total. The molecule has 2 amide bonds. The third-order valence-electron chi connectivity index (χ3n) is 5.58. The van der Waals surface area contributed by atoms with Gasteiger partial charge < -0.3 is 9.64 Å². The Bertz CT molecular complexity index is 783. The van der Waals surface area contributed by atoms with Gasteiger partial charge in [0.05, 0.1) is 18.7 Å². The van der Waals surface area contributed by atoms with Crippen LogP contribution >= 0.6 is 11.6 Å². The molecule has 0 spiro atoms. The molecule has 1 saturated heterocycles. The van der Waals surface area contributed by atoms with Crippen LogP contribution in [0.5, 0.6) is 0 Å². The number of urea groups is 1. The van der Waals surface area contributed by atoms with E-state index in [1.807, 2.05) is 40.1 Å². The van der Waals surface area contributed by atoms with Gasteiger partial charge in [0, 0.05) is 30.3 Å². The predicted molar refractivity (Wildman–Crippen MR) is 104 cm³/mol. The van der Waals surface area contributed by atoms with Crippen LogP contribution in [-0.4, -0.2) is 43.3 Å². The Balaban J connectivity index is 1.73. The van der Waals surface area contributed by atoms with Gasteiger partial charge in [-0.3, -0.25) is 4.90 Å². The van der Waals surface area contributed by atoms with E-state index in [4.69, 9.17) is 16.3 Å². The average molecular weight is 371 g/mol. The standard InChI is InChI=1S/C21H23ClN2O2/c1-26-13-12-23-19-11-10-18(15-6-3-2-4-7-15)20(19)24(21(23)25)17-9-5-8-16(22)14-17/h2-9,14,18-20H,10-13H2,1H3/t18-,19-,20+/m0/s1. The number of methoxy groups -OCH3 is 1. The number of halogens is 1. The lowest BCUT2D eigenvalue weighted by molar-refractivity contribution is 0.146. The Morgan fingerprint density at radius 1 is 1.12 bits per heavy atom. The number of rotatable bonds is 5. The van der Waals surface area contributed by atoms with E-state index in [-0.39, 0.29) is 18.1 Å². The number of fused-ring (bicyclic) bond motifs is 1. The summed E-state index contributed by atoms with van der Waals surface area (Å²) >= 11 is 6.22. The zero-order chi connectivity index (χ0) is 18.1. The summed E-state index contributed by atoms with van der Waals surface area (Å²) in [5.41, 5.74) is 2.17. The first-order valence-electron chi connectivity index (χ1n) is 9.10. The molecule has 1 aliphatic heterocycles. The van der Waals surface area contributed by atoms with E-state index in [0.29, 0.717) is 24.1 Å². The number of benzene rings is 2. The molecule has 5 heteroatoms. The van der Waals surface area contributed by atoms with Gasteiger partial charge in [0.1, 0.15) is 0 Å². The van der Waals surface area contributed by atoms with Crippen LogP contribution in [0.25, 0.3) is 0 Å². The van der Waals surface area contributed by atoms with Crippen molar-refractivity contribution in [2.24, 2.45) is 0 Å². The summed E-state index contributed by atoms with van der Waals surface area (Å²) in [6.07, 6.45) is 2.09. The summed E-state index contributed by atoms with van der Waals surface area (Å²) in [5, 5.41) is 0.649. The molecule has 1 saturated carbocycles. The minimum Gasteiger partial charge on any atom is -0.383 e. The number of nitrogens with zero attached hydrogens (tertiary/aromatic N) is 2. The molecule has 0 unspecified atom stereocenters. The molecular formula is C21H23ClN2O2. The second-order valence-corrected chi connectivity index (χ2v) is 7.41. The minimum absolute atomic E-state index is 0.0555. The number of carbonyl (C=O) groups excluding carboxylic acids is 1. The number of ether oxygens (including phenoxy) is 1. The van der Waals surface area contributed by atoms with Crippen molar-refractivity contribution in [3.8, 4) is 0 Å². The number of hydrogen-bond acceptors (Lipinski definition) is 2. The summed E-state index contributed by atoms with van der Waals surface area (Å²) in [5.74, 6) is 0.330. The Morgan fingerprint density at radius 3 is 2.65 bits per heavy atom. The minimum atomic E-state index is 0.0555. The summed E-state index contributed by atoms with van der Waals surface area (Å²) < 4.78 is 5.24. The Labute approximate surface area is 159 Å². The molecular weight excluding hydrogens is 348 g/mol. The smallest absolute Gasteiger partial charge is 0.325 e. The van der Waals surface area contributed by atoms with Crippen molar-refractivity contribution in [1.29, 1.82) is 0 Å². The molecule has 3 atom stereocenters. The molecule has 1 heterocycles. The van der Waals surface area contributed by atoms with E-state index in [2.05, 4.69) is 24.3 Å². The molecule has 136 valence electrons. The molecule has 26 heavy (non-hydrogen) atoms. The van der Waals surface area contributed by atoms with Gasteiger partial charge in [0.2, 0.25) is 0 Å². The maximum Gasteiger partial charge on any atom is 0.325 e. The molecule has 2 aliphatic rings. The number of anilines is 1. The molecule has 0 bridgehead atoms. The SMILES string of the molecule is COCCN1C(=O)N(c2cccc(Cl)c2)[C@@H]2[C@H](c3ccccc3)CC[C@@H]21. The van der Waals surface area contributed by atoms with Gasteiger partial charge in [-0.25, -0.2) is 4.79 Å². The average Bonchev–Trinajstić information content (AvgIpc) is 3.18. The van der Waals surface area contributed by atoms with Crippen molar-refractivity contribution < 1.29 is 9.53 Å². The Morgan fingerprint density at radius 2 is 1.92 bits per heavy atom. The Hall–Kier alpha value is -2.04. The van der Waals surface area contributed by atoms with E-state index in [9.17, 15) is 4.79 Å². The van der Waals surface area contributed by atoms with E-state index in [0.717, 1.165) is 18.5 Å². The fourth-order valence-corrected chi connectivity index (χ4v) is 4.67. The van der Waals surface area contributed by atoms with Crippen molar-refractivity contribution in [3.63, 3.8) is 0 Å². The highest BCUT2D eigenvalue weighted by atomic mass is 35.5. The van der Waals surface area contributed by atoms with Gasteiger partial charge in [-0.1, -0.05) is 48.0 Å². The van der Waals surface area contributed by atoms with Crippen LogP contribution in [0.1, 0.15) is 24.3 Å². The second kappa shape index (κ2) is 7.29. The second-order valence-electron chi connectivity index (χ2n) is 6.97. The van der Waals surface area contributed by atoms with Crippen LogP contribution in [0.4, 0.5) is 10.5 Å². The number of amides is 2. The first kappa shape index (κ1) is 17.4. The number of hydrogen-bond donors (Lipinski definition) is 0. The largest absolute Gasteiger partial charge is 0.383 e. The van der Waals surface area contributed by atoms with Crippen LogP contribution in [0, 0.1) is 0 Å². The zero-order valence-corrected chi connectivity index (χ0v) is 15.6. The van der Waals surface area contributed by atoms with Crippen molar-refractivity contribution in [3.05, 3.63) is 65.2 Å².